The number of halogens is 1. The van der Waals surface area contributed by atoms with E-state index >= 15 is 0 Å². The average molecular weight is 539 g/mol. The minimum absolute atomic E-state index is 0.0962. The number of carbonyl (C=O) groups excluding carboxylic acids is 1. The summed E-state index contributed by atoms with van der Waals surface area (Å²) in [7, 11) is 0. The van der Waals surface area contributed by atoms with Crippen molar-refractivity contribution in [3.63, 3.8) is 0 Å². The molecule has 0 aliphatic rings. The number of thiazole rings is 1. The molecular weight excluding hydrogens is 515 g/mol. The average Bonchev–Trinajstić information content (AvgIpc) is 3.68. The smallest absolute Gasteiger partial charge is 0.270 e. The zero-order valence-corrected chi connectivity index (χ0v) is 22.2. The Hall–Kier alpha value is -4.14. The number of aromatic nitrogens is 3. The lowest BCUT2D eigenvalue weighted by Gasteiger charge is -2.19. The van der Waals surface area contributed by atoms with Crippen molar-refractivity contribution < 1.29 is 9.18 Å². The molecule has 0 aliphatic carbocycles. The summed E-state index contributed by atoms with van der Waals surface area (Å²) in [5, 5.41) is 8.20. The van der Waals surface area contributed by atoms with E-state index in [0.29, 0.717) is 23.0 Å². The molecule has 38 heavy (non-hydrogen) atoms. The van der Waals surface area contributed by atoms with Crippen molar-refractivity contribution in [1.82, 2.24) is 14.8 Å². The van der Waals surface area contributed by atoms with Gasteiger partial charge >= 0.3 is 0 Å². The van der Waals surface area contributed by atoms with Crippen molar-refractivity contribution in [1.29, 1.82) is 0 Å². The monoisotopic (exact) mass is 538 g/mol. The van der Waals surface area contributed by atoms with Gasteiger partial charge in [0.1, 0.15) is 10.6 Å². The Labute approximate surface area is 227 Å². The summed E-state index contributed by atoms with van der Waals surface area (Å²) in [6.07, 6.45) is 0.694. The first-order chi connectivity index (χ1) is 18.6. The first-order valence-electron chi connectivity index (χ1n) is 12.2. The molecule has 0 saturated carbocycles. The van der Waals surface area contributed by atoms with Gasteiger partial charge in [-0.2, -0.15) is 5.10 Å². The summed E-state index contributed by atoms with van der Waals surface area (Å²) in [4.78, 5) is 22.1. The predicted molar refractivity (Wildman–Crippen MR) is 153 cm³/mol. The van der Waals surface area contributed by atoms with Crippen molar-refractivity contribution in [2.24, 2.45) is 0 Å². The second-order valence-electron chi connectivity index (χ2n) is 8.88. The Bertz CT molecular complexity index is 1710. The van der Waals surface area contributed by atoms with Gasteiger partial charge in [0, 0.05) is 22.9 Å². The van der Waals surface area contributed by atoms with Crippen molar-refractivity contribution in [3.8, 4) is 16.9 Å². The number of anilines is 1. The van der Waals surface area contributed by atoms with Crippen molar-refractivity contribution in [2.75, 3.05) is 11.4 Å². The first-order valence-corrected chi connectivity index (χ1v) is 13.9. The van der Waals surface area contributed by atoms with E-state index in [0.717, 1.165) is 38.4 Å². The van der Waals surface area contributed by atoms with Crippen LogP contribution in [0.4, 0.5) is 9.52 Å². The number of amides is 1. The molecule has 0 bridgehead atoms. The van der Waals surface area contributed by atoms with Crippen LogP contribution in [0.15, 0.2) is 96.4 Å². The third-order valence-corrected chi connectivity index (χ3v) is 8.29. The zero-order valence-electron chi connectivity index (χ0n) is 20.5. The molecule has 5 nitrogen and oxygen atoms in total. The lowest BCUT2D eigenvalue weighted by molar-refractivity contribution is 0.0991. The number of hydrogen-bond donors (Lipinski definition) is 0. The van der Waals surface area contributed by atoms with E-state index < -0.39 is 0 Å². The molecule has 8 heteroatoms. The fourth-order valence-corrected chi connectivity index (χ4v) is 6.33. The van der Waals surface area contributed by atoms with E-state index in [2.05, 4.69) is 12.1 Å². The van der Waals surface area contributed by atoms with Crippen LogP contribution >= 0.6 is 22.7 Å². The number of hydrogen-bond acceptors (Lipinski definition) is 5. The van der Waals surface area contributed by atoms with Crippen LogP contribution in [0.2, 0.25) is 0 Å². The largest absolute Gasteiger partial charge is 0.283 e. The second kappa shape index (κ2) is 10.3. The van der Waals surface area contributed by atoms with Crippen LogP contribution in [0.1, 0.15) is 20.9 Å². The number of para-hydroxylation sites is 1. The summed E-state index contributed by atoms with van der Waals surface area (Å²) < 4.78 is 15.3. The highest BCUT2D eigenvalue weighted by Gasteiger charge is 2.25. The molecule has 3 aromatic heterocycles. The van der Waals surface area contributed by atoms with E-state index in [1.54, 1.807) is 17.0 Å². The molecule has 0 atom stereocenters. The molecule has 0 fully saturated rings. The van der Waals surface area contributed by atoms with Crippen LogP contribution in [-0.2, 0) is 6.42 Å². The maximum absolute atomic E-state index is 14.0. The Morgan fingerprint density at radius 2 is 1.68 bits per heavy atom. The molecule has 0 radical (unpaired) electrons. The standard InChI is InChI=1S/C30H23FN4OS2/c1-20-25-18-27(38-29(25)35(33-20)24-10-6-3-7-11-24)28(36)34(17-16-21-8-4-2-5-9-21)30-32-26(19-37-30)22-12-14-23(31)15-13-22/h2-15,18-19H,16-17H2,1H3. The van der Waals surface area contributed by atoms with Gasteiger partial charge in [-0.25, -0.2) is 14.1 Å². The fourth-order valence-electron chi connectivity index (χ4n) is 4.34. The molecule has 6 rings (SSSR count). The van der Waals surface area contributed by atoms with Crippen LogP contribution in [-0.4, -0.2) is 27.2 Å². The van der Waals surface area contributed by atoms with Gasteiger partial charge in [-0.15, -0.1) is 22.7 Å². The van der Waals surface area contributed by atoms with Gasteiger partial charge in [0.25, 0.3) is 5.91 Å². The van der Waals surface area contributed by atoms with E-state index in [1.807, 2.05) is 71.6 Å². The quantitative estimate of drug-likeness (QED) is 0.211. The van der Waals surface area contributed by atoms with Crippen molar-refractivity contribution in [3.05, 3.63) is 118 Å². The van der Waals surface area contributed by atoms with Gasteiger partial charge in [-0.05, 0) is 61.4 Å². The number of nitrogens with zero attached hydrogens (tertiary/aromatic N) is 4. The third-order valence-electron chi connectivity index (χ3n) is 6.33. The highest BCUT2D eigenvalue weighted by atomic mass is 32.1. The fraction of sp³-hybridized carbons (Fsp3) is 0.100. The molecule has 0 saturated heterocycles. The zero-order chi connectivity index (χ0) is 26.1. The maximum Gasteiger partial charge on any atom is 0.270 e. The van der Waals surface area contributed by atoms with Gasteiger partial charge in [0.05, 0.1) is 22.0 Å². The van der Waals surface area contributed by atoms with Crippen LogP contribution < -0.4 is 4.90 Å². The Balaban J connectivity index is 1.36. The SMILES string of the molecule is Cc1nn(-c2ccccc2)c2sc(C(=O)N(CCc3ccccc3)c3nc(-c4ccc(F)cc4)cs3)cc12. The number of aryl methyl sites for hydroxylation is 1. The topological polar surface area (TPSA) is 51.0 Å². The highest BCUT2D eigenvalue weighted by Crippen LogP contribution is 2.34. The van der Waals surface area contributed by atoms with Gasteiger partial charge < -0.3 is 0 Å². The van der Waals surface area contributed by atoms with E-state index in [4.69, 9.17) is 10.1 Å². The minimum atomic E-state index is -0.294. The molecular formula is C30H23FN4OS2. The van der Waals surface area contributed by atoms with E-state index in [-0.39, 0.29) is 11.7 Å². The predicted octanol–water partition coefficient (Wildman–Crippen LogP) is 7.55. The molecule has 6 aromatic rings. The molecule has 3 aromatic carbocycles. The van der Waals surface area contributed by atoms with Crippen molar-refractivity contribution >= 4 is 43.9 Å². The summed E-state index contributed by atoms with van der Waals surface area (Å²) in [6, 6.07) is 28.2. The lowest BCUT2D eigenvalue weighted by Crippen LogP contribution is -2.32. The van der Waals surface area contributed by atoms with Crippen molar-refractivity contribution in [2.45, 2.75) is 13.3 Å². The van der Waals surface area contributed by atoms with E-state index in [1.165, 1.54) is 34.8 Å². The maximum atomic E-state index is 14.0. The summed E-state index contributed by atoms with van der Waals surface area (Å²) >= 11 is 2.86. The Morgan fingerprint density at radius 1 is 0.974 bits per heavy atom. The number of rotatable bonds is 7. The molecule has 0 unspecified atom stereocenters. The molecule has 0 spiro atoms. The van der Waals surface area contributed by atoms with Gasteiger partial charge in [-0.1, -0.05) is 48.5 Å². The summed E-state index contributed by atoms with van der Waals surface area (Å²) in [6.45, 7) is 2.45. The van der Waals surface area contributed by atoms with Gasteiger partial charge in [-0.3, -0.25) is 9.69 Å². The number of thiophene rings is 1. The molecule has 0 aliphatic heterocycles. The van der Waals surface area contributed by atoms with Crippen LogP contribution in [0, 0.1) is 12.7 Å². The lowest BCUT2D eigenvalue weighted by atomic mass is 10.1. The third kappa shape index (κ3) is 4.76. The van der Waals surface area contributed by atoms with Gasteiger partial charge in [0.15, 0.2) is 5.13 Å². The second-order valence-corrected chi connectivity index (χ2v) is 10.7. The van der Waals surface area contributed by atoms with Gasteiger partial charge in [0.2, 0.25) is 0 Å². The molecule has 1 amide bonds. The summed E-state index contributed by atoms with van der Waals surface area (Å²) in [5.74, 6) is -0.390. The number of fused-ring (bicyclic) bond motifs is 1. The van der Waals surface area contributed by atoms with Crippen LogP contribution in [0.5, 0.6) is 0 Å². The molecule has 0 N–H and O–H groups in total. The molecule has 3 heterocycles. The van der Waals surface area contributed by atoms with E-state index in [9.17, 15) is 9.18 Å². The summed E-state index contributed by atoms with van der Waals surface area (Å²) in [5.41, 5.74) is 4.51. The van der Waals surface area contributed by atoms with Crippen LogP contribution in [0.3, 0.4) is 0 Å². The van der Waals surface area contributed by atoms with Crippen LogP contribution in [0.25, 0.3) is 27.2 Å². The first kappa shape index (κ1) is 24.2. The number of carbonyl (C=O) groups is 1. The minimum Gasteiger partial charge on any atom is -0.283 e. The Morgan fingerprint density at radius 3 is 2.42 bits per heavy atom. The highest BCUT2D eigenvalue weighted by molar-refractivity contribution is 7.20. The normalized spacial score (nSPS) is 11.2. The number of benzene rings is 3. The molecule has 188 valence electrons. The Kier molecular flexibility index (Phi) is 6.57.